The molecule has 4 heteroatoms. The first-order valence-corrected chi connectivity index (χ1v) is 7.15. The van der Waals surface area contributed by atoms with E-state index in [0.717, 1.165) is 29.9 Å². The lowest BCUT2D eigenvalue weighted by atomic mass is 10.1. The molecule has 0 aliphatic rings. The minimum Gasteiger partial charge on any atom is -0.481 e. The predicted molar refractivity (Wildman–Crippen MR) is 81.1 cm³/mol. The minimum absolute atomic E-state index is 0.161. The number of aromatic nitrogens is 1. The maximum Gasteiger partial charge on any atom is 0.303 e. The second-order valence-corrected chi connectivity index (χ2v) is 5.20. The highest BCUT2D eigenvalue weighted by Crippen LogP contribution is 2.25. The smallest absolute Gasteiger partial charge is 0.303 e. The van der Waals surface area contributed by atoms with E-state index in [9.17, 15) is 4.79 Å². The summed E-state index contributed by atoms with van der Waals surface area (Å²) in [7, 11) is 0. The van der Waals surface area contributed by atoms with E-state index in [1.165, 1.54) is 0 Å². The molecule has 106 valence electrons. The molecule has 0 bridgehead atoms. The van der Waals surface area contributed by atoms with Gasteiger partial charge in [0.25, 0.3) is 0 Å². The molecule has 0 unspecified atom stereocenters. The van der Waals surface area contributed by atoms with Crippen LogP contribution in [0.2, 0.25) is 5.02 Å². The second kappa shape index (κ2) is 6.62. The van der Waals surface area contributed by atoms with E-state index < -0.39 is 5.97 Å². The van der Waals surface area contributed by atoms with Crippen molar-refractivity contribution >= 4 is 17.6 Å². The van der Waals surface area contributed by atoms with Gasteiger partial charge in [-0.25, -0.2) is 0 Å². The number of carboxylic acids is 1. The summed E-state index contributed by atoms with van der Waals surface area (Å²) in [5.74, 6) is -0.762. The first-order valence-electron chi connectivity index (χ1n) is 6.78. The van der Waals surface area contributed by atoms with Crippen LogP contribution in [0.3, 0.4) is 0 Å². The summed E-state index contributed by atoms with van der Waals surface area (Å²) < 4.78 is 2.20. The van der Waals surface area contributed by atoms with Crippen LogP contribution in [0.25, 0.3) is 11.3 Å². The van der Waals surface area contributed by atoms with Crippen molar-refractivity contribution < 1.29 is 9.90 Å². The second-order valence-electron chi connectivity index (χ2n) is 4.76. The molecule has 0 aliphatic carbocycles. The molecular weight excluding hydrogens is 274 g/mol. The highest BCUT2D eigenvalue weighted by atomic mass is 35.5. The Labute approximate surface area is 123 Å². The normalized spacial score (nSPS) is 10.7. The quantitative estimate of drug-likeness (QED) is 0.865. The highest BCUT2D eigenvalue weighted by molar-refractivity contribution is 6.30. The van der Waals surface area contributed by atoms with Gasteiger partial charge in [0.1, 0.15) is 0 Å². The van der Waals surface area contributed by atoms with Crippen LogP contribution in [0, 0.1) is 0 Å². The SMILES string of the molecule is CCCn1c(CCC(=O)O)ccc1-c1ccc(Cl)cc1. The van der Waals surface area contributed by atoms with Gasteiger partial charge in [-0.1, -0.05) is 30.7 Å². The first-order chi connectivity index (χ1) is 9.61. The molecule has 0 atom stereocenters. The van der Waals surface area contributed by atoms with Crippen molar-refractivity contribution in [2.24, 2.45) is 0 Å². The van der Waals surface area contributed by atoms with Crippen LogP contribution in [0.4, 0.5) is 0 Å². The third kappa shape index (κ3) is 3.42. The van der Waals surface area contributed by atoms with Gasteiger partial charge >= 0.3 is 5.97 Å². The van der Waals surface area contributed by atoms with Gasteiger partial charge in [0.15, 0.2) is 0 Å². The van der Waals surface area contributed by atoms with Gasteiger partial charge in [-0.15, -0.1) is 0 Å². The largest absolute Gasteiger partial charge is 0.481 e. The van der Waals surface area contributed by atoms with E-state index in [4.69, 9.17) is 16.7 Å². The highest BCUT2D eigenvalue weighted by Gasteiger charge is 2.10. The summed E-state index contributed by atoms with van der Waals surface area (Å²) in [5, 5.41) is 9.54. The number of rotatable bonds is 6. The van der Waals surface area contributed by atoms with Crippen molar-refractivity contribution in [1.29, 1.82) is 0 Å². The Morgan fingerprint density at radius 2 is 1.90 bits per heavy atom. The van der Waals surface area contributed by atoms with Gasteiger partial charge in [-0.05, 0) is 42.7 Å². The summed E-state index contributed by atoms with van der Waals surface area (Å²) in [5.41, 5.74) is 3.28. The van der Waals surface area contributed by atoms with E-state index in [1.54, 1.807) is 0 Å². The Balaban J connectivity index is 2.32. The summed E-state index contributed by atoms with van der Waals surface area (Å²) >= 11 is 5.92. The molecule has 1 aromatic heterocycles. The molecule has 2 rings (SSSR count). The van der Waals surface area contributed by atoms with Crippen LogP contribution >= 0.6 is 11.6 Å². The van der Waals surface area contributed by atoms with Crippen molar-refractivity contribution in [2.45, 2.75) is 32.7 Å². The van der Waals surface area contributed by atoms with Crippen LogP contribution in [0.5, 0.6) is 0 Å². The van der Waals surface area contributed by atoms with Crippen molar-refractivity contribution in [3.8, 4) is 11.3 Å². The lowest BCUT2D eigenvalue weighted by molar-refractivity contribution is -0.136. The summed E-state index contributed by atoms with van der Waals surface area (Å²) in [6, 6.07) is 11.8. The van der Waals surface area contributed by atoms with Gasteiger partial charge in [0.2, 0.25) is 0 Å². The van der Waals surface area contributed by atoms with Crippen LogP contribution in [-0.2, 0) is 17.8 Å². The zero-order valence-electron chi connectivity index (χ0n) is 11.5. The predicted octanol–water partition coefficient (Wildman–Crippen LogP) is 4.24. The fourth-order valence-electron chi connectivity index (χ4n) is 2.32. The molecule has 0 saturated heterocycles. The minimum atomic E-state index is -0.762. The molecule has 0 saturated carbocycles. The average molecular weight is 292 g/mol. The Morgan fingerprint density at radius 1 is 1.20 bits per heavy atom. The van der Waals surface area contributed by atoms with Crippen LogP contribution < -0.4 is 0 Å². The van der Waals surface area contributed by atoms with E-state index in [0.29, 0.717) is 11.4 Å². The maximum absolute atomic E-state index is 10.7. The van der Waals surface area contributed by atoms with Crippen molar-refractivity contribution in [3.63, 3.8) is 0 Å². The monoisotopic (exact) mass is 291 g/mol. The maximum atomic E-state index is 10.7. The van der Waals surface area contributed by atoms with E-state index in [2.05, 4.69) is 17.6 Å². The molecule has 0 fully saturated rings. The Morgan fingerprint density at radius 3 is 2.50 bits per heavy atom. The van der Waals surface area contributed by atoms with Crippen molar-refractivity contribution in [2.75, 3.05) is 0 Å². The van der Waals surface area contributed by atoms with Gasteiger partial charge < -0.3 is 9.67 Å². The number of aliphatic carboxylic acids is 1. The fraction of sp³-hybridized carbons (Fsp3) is 0.312. The molecule has 2 aromatic rings. The number of halogens is 1. The number of carboxylic acid groups (broad SMARTS) is 1. The molecule has 1 heterocycles. The number of hydrogen-bond acceptors (Lipinski definition) is 1. The fourth-order valence-corrected chi connectivity index (χ4v) is 2.45. The van der Waals surface area contributed by atoms with Gasteiger partial charge in [-0.2, -0.15) is 0 Å². The number of carbonyl (C=O) groups is 1. The number of hydrogen-bond donors (Lipinski definition) is 1. The average Bonchev–Trinajstić information content (AvgIpc) is 2.81. The lowest BCUT2D eigenvalue weighted by Crippen LogP contribution is -2.06. The molecule has 20 heavy (non-hydrogen) atoms. The number of aryl methyl sites for hydroxylation is 1. The van der Waals surface area contributed by atoms with E-state index in [-0.39, 0.29) is 6.42 Å². The molecule has 3 nitrogen and oxygen atoms in total. The third-order valence-corrected chi connectivity index (χ3v) is 3.51. The van der Waals surface area contributed by atoms with Crippen molar-refractivity contribution in [3.05, 3.63) is 47.1 Å². The van der Waals surface area contributed by atoms with E-state index in [1.807, 2.05) is 30.3 Å². The van der Waals surface area contributed by atoms with E-state index >= 15 is 0 Å². The summed E-state index contributed by atoms with van der Waals surface area (Å²) in [6.07, 6.45) is 1.73. The Kier molecular flexibility index (Phi) is 4.85. The molecule has 0 radical (unpaired) electrons. The molecule has 0 aliphatic heterocycles. The summed E-state index contributed by atoms with van der Waals surface area (Å²) in [6.45, 7) is 3.01. The van der Waals surface area contributed by atoms with Crippen LogP contribution in [0.15, 0.2) is 36.4 Å². The lowest BCUT2D eigenvalue weighted by Gasteiger charge is -2.12. The molecule has 0 spiro atoms. The van der Waals surface area contributed by atoms with Crippen molar-refractivity contribution in [1.82, 2.24) is 4.57 Å². The molecular formula is C16H18ClNO2. The number of benzene rings is 1. The Bertz CT molecular complexity index is 587. The van der Waals surface area contributed by atoms with Crippen LogP contribution in [0.1, 0.15) is 25.5 Å². The number of nitrogens with zero attached hydrogens (tertiary/aromatic N) is 1. The summed E-state index contributed by atoms with van der Waals surface area (Å²) in [4.78, 5) is 10.7. The molecule has 0 amide bonds. The standard InChI is InChI=1S/C16H18ClNO2/c1-2-11-18-14(8-10-16(19)20)7-9-15(18)12-3-5-13(17)6-4-12/h3-7,9H,2,8,10-11H2,1H3,(H,19,20). The van der Waals surface area contributed by atoms with Gasteiger partial charge in [-0.3, -0.25) is 4.79 Å². The topological polar surface area (TPSA) is 42.2 Å². The third-order valence-electron chi connectivity index (χ3n) is 3.25. The molecule has 1 aromatic carbocycles. The van der Waals surface area contributed by atoms with Crippen LogP contribution in [-0.4, -0.2) is 15.6 Å². The van der Waals surface area contributed by atoms with Gasteiger partial charge in [0.05, 0.1) is 6.42 Å². The first kappa shape index (κ1) is 14.7. The Hall–Kier alpha value is -1.74. The zero-order valence-corrected chi connectivity index (χ0v) is 12.2. The van der Waals surface area contributed by atoms with Gasteiger partial charge in [0, 0.05) is 23.0 Å². The molecule has 1 N–H and O–H groups in total. The zero-order chi connectivity index (χ0) is 14.5.